The summed E-state index contributed by atoms with van der Waals surface area (Å²) in [6.07, 6.45) is 0.863. The molecular weight excluding hydrogens is 258 g/mol. The van der Waals surface area contributed by atoms with Crippen molar-refractivity contribution in [2.24, 2.45) is 5.73 Å². The van der Waals surface area contributed by atoms with Crippen LogP contribution < -0.4 is 10.5 Å². The lowest BCUT2D eigenvalue weighted by atomic mass is 10.0. The van der Waals surface area contributed by atoms with Gasteiger partial charge in [-0.1, -0.05) is 42.8 Å². The number of para-hydroxylation sites is 1. The van der Waals surface area contributed by atoms with Gasteiger partial charge in [-0.25, -0.2) is 0 Å². The smallest absolute Gasteiger partial charge is 0.146 e. The van der Waals surface area contributed by atoms with Gasteiger partial charge >= 0.3 is 0 Å². The minimum absolute atomic E-state index is 0.0280. The zero-order valence-corrected chi connectivity index (χ0v) is 11.9. The largest absolute Gasteiger partial charge is 0.455 e. The summed E-state index contributed by atoms with van der Waals surface area (Å²) in [5.74, 6) is 1.43. The van der Waals surface area contributed by atoms with Crippen molar-refractivity contribution in [3.63, 3.8) is 0 Å². The van der Waals surface area contributed by atoms with Crippen LogP contribution in [0, 0.1) is 6.92 Å². The van der Waals surface area contributed by atoms with Crippen molar-refractivity contribution >= 4 is 11.6 Å². The number of rotatable bonds is 4. The predicted molar refractivity (Wildman–Crippen MR) is 79.9 cm³/mol. The van der Waals surface area contributed by atoms with Gasteiger partial charge in [0.25, 0.3) is 0 Å². The Kier molecular flexibility index (Phi) is 4.46. The Balaban J connectivity index is 2.35. The van der Waals surface area contributed by atoms with Crippen LogP contribution in [0.5, 0.6) is 11.5 Å². The van der Waals surface area contributed by atoms with Gasteiger partial charge in [0, 0.05) is 11.6 Å². The molecule has 2 rings (SSSR count). The Morgan fingerprint density at radius 3 is 2.63 bits per heavy atom. The lowest BCUT2D eigenvalue weighted by molar-refractivity contribution is 0.468. The second-order valence-electron chi connectivity index (χ2n) is 4.59. The highest BCUT2D eigenvalue weighted by molar-refractivity contribution is 6.32. The number of hydrogen-bond acceptors (Lipinski definition) is 2. The summed E-state index contributed by atoms with van der Waals surface area (Å²) in [7, 11) is 0. The molecule has 1 atom stereocenters. The quantitative estimate of drug-likeness (QED) is 0.866. The van der Waals surface area contributed by atoms with E-state index in [4.69, 9.17) is 22.1 Å². The zero-order valence-electron chi connectivity index (χ0n) is 11.2. The molecule has 3 heteroatoms. The minimum Gasteiger partial charge on any atom is -0.455 e. The normalized spacial score (nSPS) is 12.2. The molecule has 0 spiro atoms. The molecule has 19 heavy (non-hydrogen) atoms. The molecule has 0 bridgehead atoms. The first-order chi connectivity index (χ1) is 9.11. The van der Waals surface area contributed by atoms with E-state index >= 15 is 0 Å². The van der Waals surface area contributed by atoms with Gasteiger partial charge in [-0.05, 0) is 37.1 Å². The SMILES string of the molecule is CC[C@@H](N)c1ccccc1Oc1cc(C)ccc1Cl. The van der Waals surface area contributed by atoms with E-state index in [2.05, 4.69) is 6.92 Å². The Labute approximate surface area is 119 Å². The van der Waals surface area contributed by atoms with Crippen LogP contribution in [0.4, 0.5) is 0 Å². The van der Waals surface area contributed by atoms with Gasteiger partial charge in [0.15, 0.2) is 0 Å². The van der Waals surface area contributed by atoms with E-state index in [1.54, 1.807) is 0 Å². The molecule has 0 saturated carbocycles. The minimum atomic E-state index is -0.0280. The molecule has 0 unspecified atom stereocenters. The highest BCUT2D eigenvalue weighted by Gasteiger charge is 2.12. The third-order valence-corrected chi connectivity index (χ3v) is 3.38. The van der Waals surface area contributed by atoms with Crippen LogP contribution in [0.3, 0.4) is 0 Å². The van der Waals surface area contributed by atoms with Gasteiger partial charge in [-0.2, -0.15) is 0 Å². The highest BCUT2D eigenvalue weighted by Crippen LogP contribution is 2.34. The van der Waals surface area contributed by atoms with Crippen molar-refractivity contribution in [2.45, 2.75) is 26.3 Å². The van der Waals surface area contributed by atoms with Crippen molar-refractivity contribution in [3.8, 4) is 11.5 Å². The Bertz CT molecular complexity index is 568. The van der Waals surface area contributed by atoms with Crippen LogP contribution in [-0.4, -0.2) is 0 Å². The van der Waals surface area contributed by atoms with E-state index in [9.17, 15) is 0 Å². The summed E-state index contributed by atoms with van der Waals surface area (Å²) in [5.41, 5.74) is 8.21. The topological polar surface area (TPSA) is 35.2 Å². The lowest BCUT2D eigenvalue weighted by Crippen LogP contribution is -2.09. The first-order valence-corrected chi connectivity index (χ1v) is 6.78. The van der Waals surface area contributed by atoms with Crippen LogP contribution in [-0.2, 0) is 0 Å². The van der Waals surface area contributed by atoms with Crippen molar-refractivity contribution in [1.29, 1.82) is 0 Å². The third-order valence-electron chi connectivity index (χ3n) is 3.06. The fourth-order valence-electron chi connectivity index (χ4n) is 1.91. The number of hydrogen-bond donors (Lipinski definition) is 1. The summed E-state index contributed by atoms with van der Waals surface area (Å²) in [5, 5.41) is 0.602. The monoisotopic (exact) mass is 275 g/mol. The molecule has 0 aromatic heterocycles. The van der Waals surface area contributed by atoms with Crippen molar-refractivity contribution in [1.82, 2.24) is 0 Å². The number of halogens is 1. The fraction of sp³-hybridized carbons (Fsp3) is 0.250. The van der Waals surface area contributed by atoms with E-state index in [0.717, 1.165) is 23.3 Å². The summed E-state index contributed by atoms with van der Waals surface area (Å²) in [6, 6.07) is 13.5. The van der Waals surface area contributed by atoms with Crippen LogP contribution in [0.15, 0.2) is 42.5 Å². The first-order valence-electron chi connectivity index (χ1n) is 6.40. The van der Waals surface area contributed by atoms with Gasteiger partial charge in [-0.3, -0.25) is 0 Å². The zero-order chi connectivity index (χ0) is 13.8. The summed E-state index contributed by atoms with van der Waals surface area (Å²) in [6.45, 7) is 4.06. The number of benzene rings is 2. The molecule has 0 aliphatic carbocycles. The van der Waals surface area contributed by atoms with Crippen LogP contribution in [0.25, 0.3) is 0 Å². The molecule has 0 aliphatic rings. The molecule has 0 saturated heterocycles. The molecule has 2 aromatic carbocycles. The number of nitrogens with two attached hydrogens (primary N) is 1. The molecule has 0 aliphatic heterocycles. The van der Waals surface area contributed by atoms with E-state index in [1.807, 2.05) is 49.4 Å². The Hall–Kier alpha value is -1.51. The number of aryl methyl sites for hydroxylation is 1. The average Bonchev–Trinajstić information content (AvgIpc) is 2.42. The predicted octanol–water partition coefficient (Wildman–Crippen LogP) is 4.85. The molecule has 100 valence electrons. The summed E-state index contributed by atoms with van der Waals surface area (Å²) in [4.78, 5) is 0. The average molecular weight is 276 g/mol. The van der Waals surface area contributed by atoms with Crippen LogP contribution >= 0.6 is 11.6 Å². The second kappa shape index (κ2) is 6.09. The van der Waals surface area contributed by atoms with E-state index < -0.39 is 0 Å². The Morgan fingerprint density at radius 2 is 1.89 bits per heavy atom. The Morgan fingerprint density at radius 1 is 1.16 bits per heavy atom. The summed E-state index contributed by atoms with van der Waals surface area (Å²) >= 11 is 6.16. The molecule has 0 radical (unpaired) electrons. The van der Waals surface area contributed by atoms with E-state index in [0.29, 0.717) is 10.8 Å². The molecular formula is C16H18ClNO. The molecule has 0 fully saturated rings. The highest BCUT2D eigenvalue weighted by atomic mass is 35.5. The van der Waals surface area contributed by atoms with Gasteiger partial charge in [0.05, 0.1) is 5.02 Å². The lowest BCUT2D eigenvalue weighted by Gasteiger charge is -2.16. The molecule has 2 aromatic rings. The maximum atomic E-state index is 6.16. The standard InChI is InChI=1S/C16H18ClNO/c1-3-14(18)12-6-4-5-7-15(12)19-16-10-11(2)8-9-13(16)17/h4-10,14H,3,18H2,1-2H3/t14-/m1/s1. The molecule has 2 nitrogen and oxygen atoms in total. The molecule has 0 heterocycles. The fourth-order valence-corrected chi connectivity index (χ4v) is 2.06. The second-order valence-corrected chi connectivity index (χ2v) is 5.00. The van der Waals surface area contributed by atoms with Gasteiger partial charge in [0.2, 0.25) is 0 Å². The maximum Gasteiger partial charge on any atom is 0.146 e. The summed E-state index contributed by atoms with van der Waals surface area (Å²) < 4.78 is 5.93. The van der Waals surface area contributed by atoms with E-state index in [-0.39, 0.29) is 6.04 Å². The van der Waals surface area contributed by atoms with Gasteiger partial charge in [0.1, 0.15) is 11.5 Å². The van der Waals surface area contributed by atoms with Crippen molar-refractivity contribution < 1.29 is 4.74 Å². The van der Waals surface area contributed by atoms with E-state index in [1.165, 1.54) is 0 Å². The third kappa shape index (κ3) is 3.28. The maximum absolute atomic E-state index is 6.16. The number of ether oxygens (including phenoxy) is 1. The van der Waals surface area contributed by atoms with Crippen LogP contribution in [0.2, 0.25) is 5.02 Å². The first kappa shape index (κ1) is 13.9. The van der Waals surface area contributed by atoms with Gasteiger partial charge in [-0.15, -0.1) is 0 Å². The molecule has 0 amide bonds. The van der Waals surface area contributed by atoms with Crippen molar-refractivity contribution in [3.05, 3.63) is 58.6 Å². The van der Waals surface area contributed by atoms with Crippen LogP contribution in [0.1, 0.15) is 30.5 Å². The van der Waals surface area contributed by atoms with Gasteiger partial charge < -0.3 is 10.5 Å². The molecule has 2 N–H and O–H groups in total. The van der Waals surface area contributed by atoms with Crippen molar-refractivity contribution in [2.75, 3.05) is 0 Å².